The Balaban J connectivity index is 0.000000921. The minimum absolute atomic E-state index is 0.0582. The van der Waals surface area contributed by atoms with Gasteiger partial charge in [0.05, 0.1) is 41.3 Å². The van der Waals surface area contributed by atoms with Crippen LogP contribution in [-0.4, -0.2) is 58.0 Å². The monoisotopic (exact) mass is 699 g/mol. The van der Waals surface area contributed by atoms with Crippen LogP contribution in [-0.2, 0) is 6.54 Å². The van der Waals surface area contributed by atoms with Gasteiger partial charge >= 0.3 is 6.03 Å². The number of urea groups is 1. The number of nitrogens with one attached hydrogen (secondary N) is 1. The van der Waals surface area contributed by atoms with Crippen molar-refractivity contribution in [1.82, 2.24) is 29.2 Å². The largest absolute Gasteiger partial charge is 0.390 e. The standard InChI is InChI=1S/C24H33IN7O2P.3C2H6/c1-15(2)12-31-20-9-18(26-10-16(20)11-27-31)21-19(14-32(29-21)35-25)28-22(33)30-13-17(23(3,4)34)5-6-24(30)7-8-24;3*1-2/h9-11,14-15,17,34-35H,5-8,12-13H2,1-4H3,(H,28,33);3*1-2H3. The molecule has 2 N–H and O–H groups in total. The molecule has 1 aliphatic heterocycles. The highest BCUT2D eigenvalue weighted by molar-refractivity contribution is 14.2. The second kappa shape index (κ2) is 15.6. The first-order valence-electron chi connectivity index (χ1n) is 15.2. The van der Waals surface area contributed by atoms with Crippen molar-refractivity contribution < 1.29 is 9.90 Å². The van der Waals surface area contributed by atoms with Gasteiger partial charge in [0.25, 0.3) is 0 Å². The summed E-state index contributed by atoms with van der Waals surface area (Å²) in [6.45, 7) is 21.4. The van der Waals surface area contributed by atoms with Crippen molar-refractivity contribution in [3.05, 3.63) is 24.7 Å². The van der Waals surface area contributed by atoms with Crippen LogP contribution in [0.2, 0.25) is 0 Å². The molecule has 3 aromatic rings. The van der Waals surface area contributed by atoms with Gasteiger partial charge in [-0.05, 0) is 73.6 Å². The number of carbonyl (C=O) groups is 1. The number of hydrogen-bond acceptors (Lipinski definition) is 5. The van der Waals surface area contributed by atoms with E-state index in [0.29, 0.717) is 35.9 Å². The van der Waals surface area contributed by atoms with Crippen molar-refractivity contribution in [3.63, 3.8) is 0 Å². The average Bonchev–Trinajstić information content (AvgIpc) is 3.44. The maximum atomic E-state index is 13.6. The van der Waals surface area contributed by atoms with E-state index in [0.717, 1.165) is 43.1 Å². The number of hydrogen-bond donors (Lipinski definition) is 2. The van der Waals surface area contributed by atoms with Gasteiger partial charge in [-0.15, -0.1) is 0 Å². The first-order valence-corrected chi connectivity index (χ1v) is 19.2. The van der Waals surface area contributed by atoms with Crippen molar-refractivity contribution >= 4 is 51.0 Å². The molecule has 41 heavy (non-hydrogen) atoms. The molecule has 2 aliphatic rings. The first-order chi connectivity index (χ1) is 19.6. The molecule has 1 saturated heterocycles. The molecule has 230 valence electrons. The number of fused-ring (bicyclic) bond motifs is 1. The normalized spacial score (nSPS) is 17.5. The maximum Gasteiger partial charge on any atom is 0.322 e. The topological polar surface area (TPSA) is 101 Å². The van der Waals surface area contributed by atoms with E-state index in [4.69, 9.17) is 5.10 Å². The quantitative estimate of drug-likeness (QED) is 0.199. The van der Waals surface area contributed by atoms with E-state index in [9.17, 15) is 9.90 Å². The van der Waals surface area contributed by atoms with Crippen molar-refractivity contribution in [2.24, 2.45) is 11.8 Å². The molecule has 2 amide bonds. The molecule has 0 radical (unpaired) electrons. The van der Waals surface area contributed by atoms with Gasteiger partial charge in [-0.1, -0.05) is 55.4 Å². The Morgan fingerprint density at radius 3 is 2.39 bits per heavy atom. The van der Waals surface area contributed by atoms with Gasteiger partial charge < -0.3 is 15.3 Å². The molecule has 1 saturated carbocycles. The molecule has 0 bridgehead atoms. The van der Waals surface area contributed by atoms with E-state index in [1.165, 1.54) is 0 Å². The van der Waals surface area contributed by atoms with Gasteiger partial charge in [-0.3, -0.25) is 9.67 Å². The Morgan fingerprint density at radius 2 is 1.83 bits per heavy atom. The fourth-order valence-corrected chi connectivity index (χ4v) is 6.15. The second-order valence-corrected chi connectivity index (χ2v) is 13.0. The molecule has 9 nitrogen and oxygen atoms in total. The fourth-order valence-electron chi connectivity index (χ4n) is 5.10. The molecule has 0 aromatic carbocycles. The Kier molecular flexibility index (Phi) is 13.5. The lowest BCUT2D eigenvalue weighted by Crippen LogP contribution is -2.54. The Hall–Kier alpha value is -1.78. The summed E-state index contributed by atoms with van der Waals surface area (Å²) in [5.41, 5.74) is 2.15. The highest BCUT2D eigenvalue weighted by Crippen LogP contribution is 2.51. The Morgan fingerprint density at radius 1 is 1.17 bits per heavy atom. The lowest BCUT2D eigenvalue weighted by Gasteiger charge is -2.44. The van der Waals surface area contributed by atoms with Crippen LogP contribution >= 0.6 is 28.4 Å². The van der Waals surface area contributed by atoms with Crippen molar-refractivity contribution in [2.45, 2.75) is 113 Å². The third kappa shape index (κ3) is 8.41. The zero-order valence-corrected chi connectivity index (χ0v) is 29.8. The highest BCUT2D eigenvalue weighted by Gasteiger charge is 2.54. The number of carbonyl (C=O) groups excluding carboxylic acids is 1. The number of piperidine rings is 1. The molecule has 5 rings (SSSR count). The van der Waals surface area contributed by atoms with E-state index in [2.05, 4.69) is 51.3 Å². The van der Waals surface area contributed by atoms with Crippen molar-refractivity contribution in [3.8, 4) is 11.4 Å². The molecule has 1 aliphatic carbocycles. The smallest absolute Gasteiger partial charge is 0.322 e. The van der Waals surface area contributed by atoms with Crippen LogP contribution < -0.4 is 5.32 Å². The highest BCUT2D eigenvalue weighted by atomic mass is 127. The molecular formula is C30H51IN7O2P. The van der Waals surface area contributed by atoms with E-state index < -0.39 is 5.60 Å². The second-order valence-electron chi connectivity index (χ2n) is 10.9. The van der Waals surface area contributed by atoms with Gasteiger partial charge in [0.1, 0.15) is 5.69 Å². The molecule has 11 heteroatoms. The number of pyridine rings is 1. The molecule has 3 aromatic heterocycles. The van der Waals surface area contributed by atoms with Crippen LogP contribution in [0.5, 0.6) is 0 Å². The van der Waals surface area contributed by atoms with Gasteiger partial charge in [0.2, 0.25) is 0 Å². The Bertz CT molecular complexity index is 1250. The maximum absolute atomic E-state index is 13.6. The van der Waals surface area contributed by atoms with Crippen LogP contribution in [0.1, 0.15) is 94.9 Å². The van der Waals surface area contributed by atoms with E-state index >= 15 is 0 Å². The summed E-state index contributed by atoms with van der Waals surface area (Å²) in [6.07, 6.45) is 9.88. The molecule has 2 unspecified atom stereocenters. The summed E-state index contributed by atoms with van der Waals surface area (Å²) in [5.74, 6) is 0.527. The Labute approximate surface area is 261 Å². The first kappa shape index (κ1) is 35.4. The van der Waals surface area contributed by atoms with Crippen LogP contribution in [0.3, 0.4) is 0 Å². The van der Waals surface area contributed by atoms with Crippen LogP contribution in [0.25, 0.3) is 22.3 Å². The average molecular weight is 700 g/mol. The summed E-state index contributed by atoms with van der Waals surface area (Å²) in [5, 5.41) is 24.0. The molecule has 2 atom stereocenters. The van der Waals surface area contributed by atoms with Crippen molar-refractivity contribution in [1.29, 1.82) is 0 Å². The summed E-state index contributed by atoms with van der Waals surface area (Å²) in [6, 6.07) is 1.89. The predicted molar refractivity (Wildman–Crippen MR) is 182 cm³/mol. The third-order valence-electron chi connectivity index (χ3n) is 7.35. The third-order valence-corrected chi connectivity index (χ3v) is 9.24. The molecule has 4 heterocycles. The summed E-state index contributed by atoms with van der Waals surface area (Å²) >= 11 is 2.28. The number of aromatic nitrogens is 5. The molecule has 1 spiro atoms. The number of amides is 2. The lowest BCUT2D eigenvalue weighted by atomic mass is 9.81. The van der Waals surface area contributed by atoms with Gasteiger partial charge in [0.15, 0.2) is 0 Å². The van der Waals surface area contributed by atoms with Crippen LogP contribution in [0.15, 0.2) is 24.7 Å². The van der Waals surface area contributed by atoms with E-state index in [1.54, 1.807) is 0 Å². The minimum Gasteiger partial charge on any atom is -0.390 e. The van der Waals surface area contributed by atoms with E-state index in [1.807, 2.05) is 94.1 Å². The number of anilines is 1. The SMILES string of the molecule is CC.CC.CC.CC(C)Cn1ncc2cnc(-c3nn(PI)cc3NC(=O)N3CC(C(C)(C)O)CCC34CC4)cc21. The fraction of sp³-hybridized carbons (Fsp3) is 0.667. The van der Waals surface area contributed by atoms with Crippen LogP contribution in [0.4, 0.5) is 10.5 Å². The number of halogens is 1. The van der Waals surface area contributed by atoms with Crippen molar-refractivity contribution in [2.75, 3.05) is 11.9 Å². The zero-order valence-electron chi connectivity index (χ0n) is 26.6. The number of nitrogens with zero attached hydrogens (tertiary/aromatic N) is 6. The number of aliphatic hydroxyl groups is 1. The summed E-state index contributed by atoms with van der Waals surface area (Å²) in [4.78, 5) is 20.2. The summed E-state index contributed by atoms with van der Waals surface area (Å²) < 4.78 is 3.84. The zero-order chi connectivity index (χ0) is 31.0. The lowest BCUT2D eigenvalue weighted by molar-refractivity contribution is -0.0243. The van der Waals surface area contributed by atoms with Gasteiger partial charge in [-0.2, -0.15) is 10.2 Å². The van der Waals surface area contributed by atoms with Gasteiger partial charge in [0, 0.05) is 36.1 Å². The van der Waals surface area contributed by atoms with Crippen LogP contribution in [0, 0.1) is 11.8 Å². The predicted octanol–water partition coefficient (Wildman–Crippen LogP) is 8.37. The molecule has 2 fully saturated rings. The minimum atomic E-state index is -0.814. The van der Waals surface area contributed by atoms with Gasteiger partial charge in [-0.25, -0.2) is 9.25 Å². The van der Waals surface area contributed by atoms with E-state index in [-0.39, 0.29) is 17.5 Å². The number of likely N-dealkylation sites (tertiary alicyclic amines) is 1. The molecular weight excluding hydrogens is 648 g/mol. The summed E-state index contributed by atoms with van der Waals surface area (Å²) in [7, 11) is 0. The number of rotatable bonds is 6.